The Morgan fingerprint density at radius 3 is 2.41 bits per heavy atom. The van der Waals surface area contributed by atoms with E-state index in [-0.39, 0.29) is 11.3 Å². The number of hydrogen-bond acceptors (Lipinski definition) is 4. The molecule has 1 amide bonds. The largest absolute Gasteiger partial charge is 0.451 e. The zero-order valence-corrected chi connectivity index (χ0v) is 18.3. The fraction of sp³-hybridized carbons (Fsp3) is 0.261. The van der Waals surface area contributed by atoms with Gasteiger partial charge < -0.3 is 9.73 Å². The highest BCUT2D eigenvalue weighted by Crippen LogP contribution is 2.41. The average molecular weight is 461 g/mol. The molecule has 1 aromatic heterocycles. The van der Waals surface area contributed by atoms with Gasteiger partial charge >= 0.3 is 0 Å². The van der Waals surface area contributed by atoms with Crippen molar-refractivity contribution >= 4 is 21.6 Å². The van der Waals surface area contributed by atoms with Crippen molar-refractivity contribution in [3.05, 3.63) is 77.1 Å². The highest BCUT2D eigenvalue weighted by molar-refractivity contribution is 7.92. The van der Waals surface area contributed by atoms with Gasteiger partial charge in [0.1, 0.15) is 11.4 Å². The minimum Gasteiger partial charge on any atom is -0.451 e. The minimum atomic E-state index is -3.85. The fourth-order valence-electron chi connectivity index (χ4n) is 3.45. The minimum absolute atomic E-state index is 0.0694. The van der Waals surface area contributed by atoms with Crippen LogP contribution in [0.25, 0.3) is 11.3 Å². The number of hydrogen-bond donors (Lipinski definition) is 2. The Kier molecular flexibility index (Phi) is 5.77. The molecule has 0 bridgehead atoms. The molecule has 1 heterocycles. The molecule has 0 spiro atoms. The quantitative estimate of drug-likeness (QED) is 0.521. The van der Waals surface area contributed by atoms with E-state index in [9.17, 15) is 22.0 Å². The monoisotopic (exact) mass is 460 g/mol. The van der Waals surface area contributed by atoms with Crippen molar-refractivity contribution in [2.24, 2.45) is 0 Å². The first-order valence-electron chi connectivity index (χ1n) is 10.1. The van der Waals surface area contributed by atoms with E-state index in [1.165, 1.54) is 18.4 Å². The average Bonchev–Trinajstić information content (AvgIpc) is 3.46. The summed E-state index contributed by atoms with van der Waals surface area (Å²) in [5.41, 5.74) is 1.49. The summed E-state index contributed by atoms with van der Waals surface area (Å²) < 4.78 is 58.6. The Morgan fingerprint density at radius 2 is 1.78 bits per heavy atom. The molecule has 1 fully saturated rings. The first kappa shape index (κ1) is 22.0. The summed E-state index contributed by atoms with van der Waals surface area (Å²) >= 11 is 0. The van der Waals surface area contributed by atoms with Crippen molar-refractivity contribution in [2.45, 2.75) is 31.7 Å². The van der Waals surface area contributed by atoms with Gasteiger partial charge in [0.05, 0.1) is 12.3 Å². The first-order chi connectivity index (χ1) is 15.1. The van der Waals surface area contributed by atoms with Gasteiger partial charge in [-0.05, 0) is 67.1 Å². The lowest BCUT2D eigenvalue weighted by Crippen LogP contribution is -2.26. The summed E-state index contributed by atoms with van der Waals surface area (Å²) in [6.45, 7) is 1.55. The predicted molar refractivity (Wildman–Crippen MR) is 117 cm³/mol. The molecule has 0 radical (unpaired) electrons. The molecule has 168 valence electrons. The van der Waals surface area contributed by atoms with Crippen molar-refractivity contribution in [3.63, 3.8) is 0 Å². The molecule has 1 atom stereocenters. The topological polar surface area (TPSA) is 88.4 Å². The SMILES string of the molecule is C[C@@H](NC(=O)c1ccc(-c2cccc(C3CC3)c2)o1)c1cc(F)c(NS(C)(=O)=O)c(F)c1. The second-order valence-corrected chi connectivity index (χ2v) is 9.74. The molecule has 1 aliphatic carbocycles. The number of benzene rings is 2. The van der Waals surface area contributed by atoms with Crippen LogP contribution in [0.5, 0.6) is 0 Å². The number of anilines is 1. The van der Waals surface area contributed by atoms with Gasteiger partial charge in [-0.15, -0.1) is 0 Å². The number of carbonyl (C=O) groups is 1. The van der Waals surface area contributed by atoms with Gasteiger partial charge in [0.15, 0.2) is 17.4 Å². The van der Waals surface area contributed by atoms with Crippen LogP contribution in [0, 0.1) is 11.6 Å². The molecule has 32 heavy (non-hydrogen) atoms. The Balaban J connectivity index is 1.48. The second-order valence-electron chi connectivity index (χ2n) is 7.99. The Labute approximate surface area is 184 Å². The van der Waals surface area contributed by atoms with Crippen LogP contribution in [0.3, 0.4) is 0 Å². The zero-order valence-electron chi connectivity index (χ0n) is 17.5. The summed E-state index contributed by atoms with van der Waals surface area (Å²) in [6.07, 6.45) is 3.15. The van der Waals surface area contributed by atoms with Crippen LogP contribution in [0.15, 0.2) is 52.9 Å². The number of carbonyl (C=O) groups excluding carboxylic acids is 1. The van der Waals surface area contributed by atoms with Crippen LogP contribution >= 0.6 is 0 Å². The highest BCUT2D eigenvalue weighted by Gasteiger charge is 2.24. The van der Waals surface area contributed by atoms with E-state index in [1.807, 2.05) is 12.1 Å². The smallest absolute Gasteiger partial charge is 0.287 e. The zero-order chi connectivity index (χ0) is 23.0. The molecule has 6 nitrogen and oxygen atoms in total. The third kappa shape index (κ3) is 4.99. The third-order valence-electron chi connectivity index (χ3n) is 5.25. The normalized spacial score (nSPS) is 14.8. The van der Waals surface area contributed by atoms with E-state index in [0.29, 0.717) is 11.7 Å². The van der Waals surface area contributed by atoms with Crippen LogP contribution < -0.4 is 10.0 Å². The number of halogens is 2. The highest BCUT2D eigenvalue weighted by atomic mass is 32.2. The van der Waals surface area contributed by atoms with Gasteiger partial charge in [-0.1, -0.05) is 18.2 Å². The molecule has 2 aromatic carbocycles. The summed E-state index contributed by atoms with van der Waals surface area (Å²) in [7, 11) is -3.85. The van der Waals surface area contributed by atoms with Crippen molar-refractivity contribution < 1.29 is 26.4 Å². The molecule has 1 aliphatic rings. The first-order valence-corrected chi connectivity index (χ1v) is 12.0. The van der Waals surface area contributed by atoms with E-state index in [1.54, 1.807) is 23.8 Å². The third-order valence-corrected chi connectivity index (χ3v) is 5.82. The maximum Gasteiger partial charge on any atom is 0.287 e. The number of rotatable bonds is 7. The van der Waals surface area contributed by atoms with E-state index in [4.69, 9.17) is 4.42 Å². The summed E-state index contributed by atoms with van der Waals surface area (Å²) in [5.74, 6) is -1.49. The fourth-order valence-corrected chi connectivity index (χ4v) is 4.02. The molecule has 1 saturated carbocycles. The number of furan rings is 1. The Morgan fingerprint density at radius 1 is 1.09 bits per heavy atom. The Hall–Kier alpha value is -3.20. The lowest BCUT2D eigenvalue weighted by atomic mass is 10.1. The van der Waals surface area contributed by atoms with Gasteiger partial charge in [0.25, 0.3) is 5.91 Å². The summed E-state index contributed by atoms with van der Waals surface area (Å²) in [6, 6.07) is 12.4. The van der Waals surface area contributed by atoms with Gasteiger partial charge in [-0.3, -0.25) is 9.52 Å². The second kappa shape index (κ2) is 8.38. The predicted octanol–water partition coefficient (Wildman–Crippen LogP) is 4.96. The lowest BCUT2D eigenvalue weighted by molar-refractivity contribution is 0.0912. The lowest BCUT2D eigenvalue weighted by Gasteiger charge is -2.15. The maximum atomic E-state index is 14.2. The van der Waals surface area contributed by atoms with Crippen molar-refractivity contribution in [3.8, 4) is 11.3 Å². The van der Waals surface area contributed by atoms with E-state index < -0.39 is 39.3 Å². The standard InChI is InChI=1S/C23H22F2N2O4S/c1-13(17-11-18(24)22(19(25)12-17)27-32(2,29)30)26-23(28)21-9-8-20(31-21)16-5-3-4-15(10-16)14-6-7-14/h3-5,8-14,27H,6-7H2,1-2H3,(H,26,28)/t13-/m1/s1. The van der Waals surface area contributed by atoms with Gasteiger partial charge in [-0.25, -0.2) is 17.2 Å². The molecule has 0 unspecified atom stereocenters. The number of nitrogens with one attached hydrogen (secondary N) is 2. The molecule has 0 saturated heterocycles. The molecular weight excluding hydrogens is 438 g/mol. The van der Waals surface area contributed by atoms with Crippen LogP contribution in [0.4, 0.5) is 14.5 Å². The van der Waals surface area contributed by atoms with Gasteiger partial charge in [0.2, 0.25) is 10.0 Å². The number of amides is 1. The van der Waals surface area contributed by atoms with Crippen molar-refractivity contribution in [2.75, 3.05) is 11.0 Å². The molecule has 3 aromatic rings. The molecule has 0 aliphatic heterocycles. The number of sulfonamides is 1. The van der Waals surface area contributed by atoms with E-state index >= 15 is 0 Å². The van der Waals surface area contributed by atoms with Gasteiger partial charge in [-0.2, -0.15) is 0 Å². The van der Waals surface area contributed by atoms with Crippen molar-refractivity contribution in [1.82, 2.24) is 5.32 Å². The van der Waals surface area contributed by atoms with Crippen LogP contribution in [0.2, 0.25) is 0 Å². The maximum absolute atomic E-state index is 14.2. The van der Waals surface area contributed by atoms with E-state index in [2.05, 4.69) is 17.4 Å². The summed E-state index contributed by atoms with van der Waals surface area (Å²) in [4.78, 5) is 12.6. The molecule has 4 rings (SSSR count). The van der Waals surface area contributed by atoms with E-state index in [0.717, 1.165) is 24.0 Å². The van der Waals surface area contributed by atoms with Crippen molar-refractivity contribution in [1.29, 1.82) is 0 Å². The molecule has 2 N–H and O–H groups in total. The Bertz CT molecular complexity index is 1260. The van der Waals surface area contributed by atoms with Crippen LogP contribution in [-0.4, -0.2) is 20.6 Å². The van der Waals surface area contributed by atoms with Gasteiger partial charge in [0, 0.05) is 5.56 Å². The molecule has 9 heteroatoms. The van der Waals surface area contributed by atoms with Crippen LogP contribution in [0.1, 0.15) is 53.4 Å². The van der Waals surface area contributed by atoms with Crippen LogP contribution in [-0.2, 0) is 10.0 Å². The summed E-state index contributed by atoms with van der Waals surface area (Å²) in [5, 5.41) is 2.63. The molecular formula is C23H22F2N2O4S.